The monoisotopic (exact) mass is 248 g/mol. The SMILES string of the molecule is Clc1occc1-c1nc(Br)no1. The van der Waals surface area contributed by atoms with Gasteiger partial charge in [0.2, 0.25) is 9.95 Å². The van der Waals surface area contributed by atoms with Crippen molar-refractivity contribution in [2.45, 2.75) is 0 Å². The van der Waals surface area contributed by atoms with Gasteiger partial charge >= 0.3 is 0 Å². The Bertz CT molecular complexity index is 398. The quantitative estimate of drug-likeness (QED) is 0.780. The molecular formula is C6H2BrClN2O2. The van der Waals surface area contributed by atoms with Crippen molar-refractivity contribution in [2.24, 2.45) is 0 Å². The lowest BCUT2D eigenvalue weighted by Crippen LogP contribution is -1.72. The first kappa shape index (κ1) is 7.82. The van der Waals surface area contributed by atoms with Gasteiger partial charge in [-0.15, -0.1) is 0 Å². The number of hydrogen-bond acceptors (Lipinski definition) is 4. The average molecular weight is 249 g/mol. The molecular weight excluding hydrogens is 247 g/mol. The molecule has 12 heavy (non-hydrogen) atoms. The lowest BCUT2D eigenvalue weighted by Gasteiger charge is -1.84. The molecule has 0 aliphatic rings. The number of halogens is 2. The van der Waals surface area contributed by atoms with Crippen LogP contribution in [0.2, 0.25) is 5.22 Å². The van der Waals surface area contributed by atoms with E-state index in [0.29, 0.717) is 16.2 Å². The summed E-state index contributed by atoms with van der Waals surface area (Å²) in [6.45, 7) is 0. The van der Waals surface area contributed by atoms with E-state index in [1.807, 2.05) is 0 Å². The second kappa shape index (κ2) is 2.91. The Morgan fingerprint density at radius 3 is 2.83 bits per heavy atom. The molecule has 2 rings (SSSR count). The summed E-state index contributed by atoms with van der Waals surface area (Å²) in [4.78, 5) is 3.91. The molecule has 0 aromatic carbocycles. The molecule has 6 heteroatoms. The third-order valence-electron chi connectivity index (χ3n) is 1.25. The Kier molecular flexibility index (Phi) is 1.90. The summed E-state index contributed by atoms with van der Waals surface area (Å²) in [5.74, 6) is 0.334. The van der Waals surface area contributed by atoms with E-state index in [2.05, 4.69) is 26.1 Å². The summed E-state index contributed by atoms with van der Waals surface area (Å²) in [6.07, 6.45) is 1.45. The van der Waals surface area contributed by atoms with Gasteiger partial charge in [-0.3, -0.25) is 0 Å². The van der Waals surface area contributed by atoms with Gasteiger partial charge in [0.05, 0.1) is 11.8 Å². The van der Waals surface area contributed by atoms with Crippen LogP contribution in [0, 0.1) is 0 Å². The van der Waals surface area contributed by atoms with Crippen molar-refractivity contribution in [3.05, 3.63) is 22.3 Å². The number of furan rings is 1. The van der Waals surface area contributed by atoms with Crippen LogP contribution in [0.4, 0.5) is 0 Å². The molecule has 0 amide bonds. The first-order valence-electron chi connectivity index (χ1n) is 3.00. The molecule has 0 saturated heterocycles. The van der Waals surface area contributed by atoms with Crippen LogP contribution in [0.1, 0.15) is 0 Å². The van der Waals surface area contributed by atoms with E-state index in [1.165, 1.54) is 6.26 Å². The highest BCUT2D eigenvalue weighted by Gasteiger charge is 2.12. The largest absolute Gasteiger partial charge is 0.452 e. The van der Waals surface area contributed by atoms with Crippen LogP contribution >= 0.6 is 27.5 Å². The van der Waals surface area contributed by atoms with Crippen LogP contribution in [-0.4, -0.2) is 10.1 Å². The lowest BCUT2D eigenvalue weighted by atomic mass is 10.3. The van der Waals surface area contributed by atoms with Gasteiger partial charge in [-0.25, -0.2) is 0 Å². The molecule has 0 spiro atoms. The second-order valence-corrected chi connectivity index (χ2v) is 3.03. The molecule has 0 unspecified atom stereocenters. The molecule has 0 bridgehead atoms. The molecule has 62 valence electrons. The van der Waals surface area contributed by atoms with Gasteiger partial charge in [0.15, 0.2) is 0 Å². The van der Waals surface area contributed by atoms with Crippen molar-refractivity contribution < 1.29 is 8.94 Å². The van der Waals surface area contributed by atoms with E-state index in [1.54, 1.807) is 6.07 Å². The molecule has 0 N–H and O–H groups in total. The predicted octanol–water partition coefficient (Wildman–Crippen LogP) is 2.75. The molecule has 2 aromatic rings. The average Bonchev–Trinajstić information content (AvgIpc) is 2.58. The summed E-state index contributed by atoms with van der Waals surface area (Å²) in [5.41, 5.74) is 0.592. The normalized spacial score (nSPS) is 10.5. The fourth-order valence-corrected chi connectivity index (χ4v) is 1.19. The van der Waals surface area contributed by atoms with Gasteiger partial charge in [0, 0.05) is 0 Å². The van der Waals surface area contributed by atoms with Crippen molar-refractivity contribution in [1.29, 1.82) is 0 Å². The number of nitrogens with zero attached hydrogens (tertiary/aromatic N) is 2. The highest BCUT2D eigenvalue weighted by atomic mass is 79.9. The van der Waals surface area contributed by atoms with E-state index in [-0.39, 0.29) is 5.22 Å². The van der Waals surface area contributed by atoms with Gasteiger partial charge in [0.25, 0.3) is 5.89 Å². The molecule has 0 aliphatic carbocycles. The highest BCUT2D eigenvalue weighted by molar-refractivity contribution is 9.10. The van der Waals surface area contributed by atoms with Crippen molar-refractivity contribution >= 4 is 27.5 Å². The zero-order valence-electron chi connectivity index (χ0n) is 5.62. The zero-order valence-corrected chi connectivity index (χ0v) is 7.96. The standard InChI is InChI=1S/C6H2BrClN2O2/c7-6-9-5(12-10-6)3-1-2-11-4(3)8/h1-2H. The summed E-state index contributed by atoms with van der Waals surface area (Å²) in [5, 5.41) is 3.79. The van der Waals surface area contributed by atoms with E-state index < -0.39 is 0 Å². The van der Waals surface area contributed by atoms with E-state index in [4.69, 9.17) is 20.5 Å². The van der Waals surface area contributed by atoms with Gasteiger partial charge in [-0.1, -0.05) is 0 Å². The number of hydrogen-bond donors (Lipinski definition) is 0. The van der Waals surface area contributed by atoms with Gasteiger partial charge in [-0.2, -0.15) is 4.98 Å². The van der Waals surface area contributed by atoms with Crippen LogP contribution in [0.15, 0.2) is 26.0 Å². The van der Waals surface area contributed by atoms with Crippen LogP contribution in [0.5, 0.6) is 0 Å². The van der Waals surface area contributed by atoms with Gasteiger partial charge < -0.3 is 8.94 Å². The Morgan fingerprint density at radius 1 is 1.50 bits per heavy atom. The first-order valence-corrected chi connectivity index (χ1v) is 4.17. The Hall–Kier alpha value is -0.810. The minimum absolute atomic E-state index is 0.242. The molecule has 0 fully saturated rings. The Balaban J connectivity index is 2.50. The van der Waals surface area contributed by atoms with Crippen LogP contribution < -0.4 is 0 Å². The van der Waals surface area contributed by atoms with Crippen LogP contribution in [-0.2, 0) is 0 Å². The van der Waals surface area contributed by atoms with Crippen LogP contribution in [0.25, 0.3) is 11.5 Å². The Labute approximate surface area is 80.6 Å². The molecule has 0 radical (unpaired) electrons. The summed E-state index contributed by atoms with van der Waals surface area (Å²) in [6, 6.07) is 1.66. The summed E-state index contributed by atoms with van der Waals surface area (Å²) >= 11 is 8.73. The van der Waals surface area contributed by atoms with E-state index in [9.17, 15) is 0 Å². The minimum atomic E-state index is 0.242. The molecule has 0 aliphatic heterocycles. The maximum atomic E-state index is 5.67. The third kappa shape index (κ3) is 1.25. The number of aromatic nitrogens is 2. The predicted molar refractivity (Wildman–Crippen MR) is 44.7 cm³/mol. The van der Waals surface area contributed by atoms with Crippen molar-refractivity contribution in [3.63, 3.8) is 0 Å². The maximum Gasteiger partial charge on any atom is 0.263 e. The van der Waals surface area contributed by atoms with Crippen molar-refractivity contribution in [2.75, 3.05) is 0 Å². The van der Waals surface area contributed by atoms with Crippen molar-refractivity contribution in [1.82, 2.24) is 10.1 Å². The first-order chi connectivity index (χ1) is 5.77. The fourth-order valence-electron chi connectivity index (χ4n) is 0.761. The van der Waals surface area contributed by atoms with Gasteiger partial charge in [-0.05, 0) is 38.8 Å². The molecule has 0 atom stereocenters. The summed E-state index contributed by atoms with van der Waals surface area (Å²) in [7, 11) is 0. The topological polar surface area (TPSA) is 52.1 Å². The van der Waals surface area contributed by atoms with E-state index in [0.717, 1.165) is 0 Å². The van der Waals surface area contributed by atoms with Crippen molar-refractivity contribution in [3.8, 4) is 11.5 Å². The molecule has 0 saturated carbocycles. The molecule has 2 aromatic heterocycles. The lowest BCUT2D eigenvalue weighted by molar-refractivity contribution is 0.425. The van der Waals surface area contributed by atoms with E-state index >= 15 is 0 Å². The zero-order chi connectivity index (χ0) is 8.55. The highest BCUT2D eigenvalue weighted by Crippen LogP contribution is 2.27. The third-order valence-corrected chi connectivity index (χ3v) is 1.86. The van der Waals surface area contributed by atoms with Gasteiger partial charge in [0.1, 0.15) is 0 Å². The molecule has 4 nitrogen and oxygen atoms in total. The number of rotatable bonds is 1. The fraction of sp³-hybridized carbons (Fsp3) is 0. The smallest absolute Gasteiger partial charge is 0.263 e. The molecule has 2 heterocycles. The summed E-state index contributed by atoms with van der Waals surface area (Å²) < 4.78 is 10.1. The Morgan fingerprint density at radius 2 is 2.33 bits per heavy atom. The second-order valence-electron chi connectivity index (χ2n) is 1.98. The maximum absolute atomic E-state index is 5.67. The minimum Gasteiger partial charge on any atom is -0.452 e. The van der Waals surface area contributed by atoms with Crippen LogP contribution in [0.3, 0.4) is 0 Å².